The summed E-state index contributed by atoms with van der Waals surface area (Å²) in [6.45, 7) is 11.8. The third-order valence-corrected chi connectivity index (χ3v) is 4.65. The second kappa shape index (κ2) is 7.80. The van der Waals surface area contributed by atoms with Crippen LogP contribution in [0.25, 0.3) is 0 Å². The maximum Gasteiger partial charge on any atom is 0.0322 e. The molecule has 1 fully saturated rings. The Kier molecular flexibility index (Phi) is 6.06. The van der Waals surface area contributed by atoms with Crippen LogP contribution in [0.1, 0.15) is 50.3 Å². The van der Waals surface area contributed by atoms with Crippen LogP contribution >= 0.6 is 0 Å². The fourth-order valence-corrected chi connectivity index (χ4v) is 3.38. The molecule has 2 rings (SSSR count). The highest BCUT2D eigenvalue weighted by molar-refractivity contribution is 5.28. The van der Waals surface area contributed by atoms with E-state index in [0.29, 0.717) is 6.04 Å². The summed E-state index contributed by atoms with van der Waals surface area (Å²) in [6.07, 6.45) is 3.91. The SMILES string of the molecule is CCCN(CC1CCNCC1)C(C)c1ccccc1C. The molecule has 0 spiro atoms. The molecule has 2 nitrogen and oxygen atoms in total. The normalized spacial score (nSPS) is 18.4. The quantitative estimate of drug-likeness (QED) is 0.849. The fourth-order valence-electron chi connectivity index (χ4n) is 3.38. The van der Waals surface area contributed by atoms with Gasteiger partial charge in [0.05, 0.1) is 0 Å². The topological polar surface area (TPSA) is 15.3 Å². The van der Waals surface area contributed by atoms with Crippen LogP contribution in [0.2, 0.25) is 0 Å². The van der Waals surface area contributed by atoms with Gasteiger partial charge in [0.2, 0.25) is 0 Å². The van der Waals surface area contributed by atoms with Crippen molar-refractivity contribution in [3.05, 3.63) is 35.4 Å². The van der Waals surface area contributed by atoms with Crippen molar-refractivity contribution in [1.29, 1.82) is 0 Å². The van der Waals surface area contributed by atoms with Crippen LogP contribution < -0.4 is 5.32 Å². The van der Waals surface area contributed by atoms with Gasteiger partial charge in [-0.3, -0.25) is 4.90 Å². The minimum atomic E-state index is 0.533. The largest absolute Gasteiger partial charge is 0.317 e. The Bertz CT molecular complexity index is 396. The van der Waals surface area contributed by atoms with Crippen molar-refractivity contribution >= 4 is 0 Å². The van der Waals surface area contributed by atoms with Crippen LogP contribution in [-0.2, 0) is 0 Å². The van der Waals surface area contributed by atoms with Gasteiger partial charge in [-0.25, -0.2) is 0 Å². The highest BCUT2D eigenvalue weighted by Gasteiger charge is 2.21. The second-order valence-corrected chi connectivity index (χ2v) is 6.22. The van der Waals surface area contributed by atoms with Crippen molar-refractivity contribution in [2.45, 2.75) is 46.1 Å². The Labute approximate surface area is 124 Å². The van der Waals surface area contributed by atoms with Crippen molar-refractivity contribution in [1.82, 2.24) is 10.2 Å². The van der Waals surface area contributed by atoms with E-state index in [1.807, 2.05) is 0 Å². The molecule has 0 aromatic heterocycles. The second-order valence-electron chi connectivity index (χ2n) is 6.22. The third-order valence-electron chi connectivity index (χ3n) is 4.65. The zero-order valence-electron chi connectivity index (χ0n) is 13.4. The number of hydrogen-bond donors (Lipinski definition) is 1. The molecule has 2 heteroatoms. The van der Waals surface area contributed by atoms with Gasteiger partial charge < -0.3 is 5.32 Å². The lowest BCUT2D eigenvalue weighted by Gasteiger charge is -2.34. The summed E-state index contributed by atoms with van der Waals surface area (Å²) in [5.74, 6) is 0.870. The lowest BCUT2D eigenvalue weighted by atomic mass is 9.95. The van der Waals surface area contributed by atoms with Gasteiger partial charge in [0.15, 0.2) is 0 Å². The van der Waals surface area contributed by atoms with Gasteiger partial charge in [0.1, 0.15) is 0 Å². The number of piperidine rings is 1. The maximum atomic E-state index is 3.47. The highest BCUT2D eigenvalue weighted by Crippen LogP contribution is 2.26. The van der Waals surface area contributed by atoms with Crippen LogP contribution in [0.5, 0.6) is 0 Å². The van der Waals surface area contributed by atoms with E-state index >= 15 is 0 Å². The van der Waals surface area contributed by atoms with Crippen LogP contribution in [0.3, 0.4) is 0 Å². The van der Waals surface area contributed by atoms with Crippen LogP contribution in [0.4, 0.5) is 0 Å². The first-order valence-corrected chi connectivity index (χ1v) is 8.22. The van der Waals surface area contributed by atoms with E-state index in [9.17, 15) is 0 Å². The molecule has 1 heterocycles. The Hall–Kier alpha value is -0.860. The fraction of sp³-hybridized carbons (Fsp3) is 0.667. The molecule has 1 aromatic carbocycles. The van der Waals surface area contributed by atoms with E-state index in [4.69, 9.17) is 0 Å². The highest BCUT2D eigenvalue weighted by atomic mass is 15.2. The molecule has 1 saturated heterocycles. The molecule has 1 aliphatic rings. The standard InChI is InChI=1S/C18H30N2/c1-4-13-20(14-17-9-11-19-12-10-17)16(3)18-8-6-5-7-15(18)2/h5-8,16-17,19H,4,9-14H2,1-3H3. The number of rotatable bonds is 6. The summed E-state index contributed by atoms with van der Waals surface area (Å²) in [4.78, 5) is 2.69. The first-order chi connectivity index (χ1) is 9.72. The molecule has 0 amide bonds. The van der Waals surface area contributed by atoms with E-state index in [1.165, 1.54) is 56.6 Å². The predicted octanol–water partition coefficient (Wildman–Crippen LogP) is 3.77. The van der Waals surface area contributed by atoms with Gasteiger partial charge in [-0.2, -0.15) is 0 Å². The minimum absolute atomic E-state index is 0.533. The Morgan fingerprint density at radius 1 is 1.25 bits per heavy atom. The molecule has 112 valence electrons. The van der Waals surface area contributed by atoms with Crippen molar-refractivity contribution in [2.24, 2.45) is 5.92 Å². The molecule has 0 bridgehead atoms. The lowest BCUT2D eigenvalue weighted by molar-refractivity contribution is 0.160. The zero-order valence-corrected chi connectivity index (χ0v) is 13.4. The molecular formula is C18H30N2. The minimum Gasteiger partial charge on any atom is -0.317 e. The van der Waals surface area contributed by atoms with E-state index in [1.54, 1.807) is 0 Å². The van der Waals surface area contributed by atoms with Gasteiger partial charge in [0.25, 0.3) is 0 Å². The predicted molar refractivity (Wildman–Crippen MR) is 87.1 cm³/mol. The van der Waals surface area contributed by atoms with Crippen molar-refractivity contribution < 1.29 is 0 Å². The summed E-state index contributed by atoms with van der Waals surface area (Å²) >= 11 is 0. The molecule has 1 aliphatic heterocycles. The zero-order chi connectivity index (χ0) is 14.4. The summed E-state index contributed by atoms with van der Waals surface area (Å²) in [5.41, 5.74) is 2.92. The molecule has 1 unspecified atom stereocenters. The Balaban J connectivity index is 2.04. The Morgan fingerprint density at radius 3 is 2.60 bits per heavy atom. The molecule has 1 N–H and O–H groups in total. The molecule has 0 radical (unpaired) electrons. The van der Waals surface area contributed by atoms with Gasteiger partial charge in [0, 0.05) is 12.6 Å². The van der Waals surface area contributed by atoms with Gasteiger partial charge in [-0.15, -0.1) is 0 Å². The summed E-state index contributed by atoms with van der Waals surface area (Å²) in [7, 11) is 0. The molecule has 1 aromatic rings. The van der Waals surface area contributed by atoms with Crippen molar-refractivity contribution in [3.8, 4) is 0 Å². The van der Waals surface area contributed by atoms with E-state index in [2.05, 4.69) is 55.3 Å². The summed E-state index contributed by atoms with van der Waals surface area (Å²) in [6, 6.07) is 9.38. The number of benzene rings is 1. The van der Waals surface area contributed by atoms with E-state index in [0.717, 1.165) is 5.92 Å². The third kappa shape index (κ3) is 4.07. The average Bonchev–Trinajstić information content (AvgIpc) is 2.48. The molecule has 1 atom stereocenters. The van der Waals surface area contributed by atoms with E-state index < -0.39 is 0 Å². The number of aryl methyl sites for hydroxylation is 1. The van der Waals surface area contributed by atoms with E-state index in [-0.39, 0.29) is 0 Å². The maximum absolute atomic E-state index is 3.47. The molecule has 20 heavy (non-hydrogen) atoms. The summed E-state index contributed by atoms with van der Waals surface area (Å²) < 4.78 is 0. The monoisotopic (exact) mass is 274 g/mol. The number of nitrogens with one attached hydrogen (secondary N) is 1. The van der Waals surface area contributed by atoms with Crippen LogP contribution in [0.15, 0.2) is 24.3 Å². The molecular weight excluding hydrogens is 244 g/mol. The van der Waals surface area contributed by atoms with Gasteiger partial charge in [-0.1, -0.05) is 31.2 Å². The van der Waals surface area contributed by atoms with Crippen molar-refractivity contribution in [2.75, 3.05) is 26.2 Å². The van der Waals surface area contributed by atoms with Gasteiger partial charge >= 0.3 is 0 Å². The van der Waals surface area contributed by atoms with Crippen LogP contribution in [-0.4, -0.2) is 31.1 Å². The smallest absolute Gasteiger partial charge is 0.0322 e. The van der Waals surface area contributed by atoms with Gasteiger partial charge in [-0.05, 0) is 69.8 Å². The summed E-state index contributed by atoms with van der Waals surface area (Å²) in [5, 5.41) is 3.47. The number of nitrogens with zero attached hydrogens (tertiary/aromatic N) is 1. The lowest BCUT2D eigenvalue weighted by Crippen LogP contribution is -2.38. The molecule has 0 aliphatic carbocycles. The first kappa shape index (κ1) is 15.5. The number of hydrogen-bond acceptors (Lipinski definition) is 2. The average molecular weight is 274 g/mol. The first-order valence-electron chi connectivity index (χ1n) is 8.22. The van der Waals surface area contributed by atoms with Crippen molar-refractivity contribution in [3.63, 3.8) is 0 Å². The van der Waals surface area contributed by atoms with Crippen LogP contribution in [0, 0.1) is 12.8 Å². The molecule has 0 saturated carbocycles. The Morgan fingerprint density at radius 2 is 1.95 bits per heavy atom.